The minimum absolute atomic E-state index is 0.0179. The normalized spacial score (nSPS) is 23.6. The molecule has 1 N–H and O–H groups in total. The molecule has 2 fully saturated rings. The van der Waals surface area contributed by atoms with Crippen LogP contribution in [0.5, 0.6) is 0 Å². The van der Waals surface area contributed by atoms with E-state index in [1.165, 1.54) is 76.2 Å². The van der Waals surface area contributed by atoms with Crippen LogP contribution in [0.4, 0.5) is 0 Å². The van der Waals surface area contributed by atoms with Gasteiger partial charge in [0.1, 0.15) is 6.10 Å². The number of benzene rings is 4. The number of hydrogen-bond acceptors (Lipinski definition) is 7. The molecule has 8 atom stereocenters. The van der Waals surface area contributed by atoms with Crippen molar-refractivity contribution in [3.8, 4) is 0 Å². The molecule has 1 aliphatic carbocycles. The van der Waals surface area contributed by atoms with Gasteiger partial charge in [-0.05, 0) is 48.9 Å². The Hall–Kier alpha value is -3.40. The van der Waals surface area contributed by atoms with E-state index < -0.39 is 5.79 Å². The zero-order chi connectivity index (χ0) is 44.7. The molecule has 0 radical (unpaired) electrons. The Kier molecular flexibility index (Phi) is 21.8. The van der Waals surface area contributed by atoms with E-state index in [0.717, 1.165) is 42.5 Å². The second kappa shape index (κ2) is 27.9. The molecule has 7 heteroatoms. The summed E-state index contributed by atoms with van der Waals surface area (Å²) in [5, 5.41) is 3.90. The summed E-state index contributed by atoms with van der Waals surface area (Å²) in [6.45, 7) is 12.0. The quantitative estimate of drug-likeness (QED) is 0.0523. The van der Waals surface area contributed by atoms with Gasteiger partial charge in [-0.1, -0.05) is 212 Å². The molecular formula is C57H81NO6. The smallest absolute Gasteiger partial charge is 0.163 e. The van der Waals surface area contributed by atoms with Crippen molar-refractivity contribution in [3.63, 3.8) is 0 Å². The van der Waals surface area contributed by atoms with Crippen molar-refractivity contribution in [2.45, 2.75) is 186 Å². The average Bonchev–Trinajstić information content (AvgIpc) is 3.63. The standard InChI is InChI=1S/C57H81NO6/c1-5-6-7-8-9-10-11-12-13-14-15-28-37-52-56(64-57(3,4)63-52)51(58-39-46-29-20-16-21-30-46)44-60-53-38-50(43-59-40-47-31-22-17-23-32-47)55(62-42-49-35-26-19-27-36-49)54(45(53)2)61-41-48-33-24-18-25-34-48/h16-27,29-36,45,50-56,58H,5-15,28,37-44H2,1-4H3/t45?,50?,51-,52+,53-,54-,55?,56-/m0/s1. The van der Waals surface area contributed by atoms with E-state index in [1.807, 2.05) is 18.2 Å². The largest absolute Gasteiger partial charge is 0.376 e. The number of rotatable bonds is 30. The van der Waals surface area contributed by atoms with Crippen LogP contribution in [0.2, 0.25) is 0 Å². The van der Waals surface area contributed by atoms with Crippen molar-refractivity contribution in [2.75, 3.05) is 13.2 Å². The van der Waals surface area contributed by atoms with Crippen LogP contribution in [-0.4, -0.2) is 55.6 Å². The number of ether oxygens (including phenoxy) is 6. The van der Waals surface area contributed by atoms with Gasteiger partial charge >= 0.3 is 0 Å². The molecule has 64 heavy (non-hydrogen) atoms. The lowest BCUT2D eigenvalue weighted by atomic mass is 9.76. The average molecular weight is 876 g/mol. The lowest BCUT2D eigenvalue weighted by Crippen LogP contribution is -2.55. The second-order valence-corrected chi connectivity index (χ2v) is 19.0. The first-order valence-corrected chi connectivity index (χ1v) is 25.1. The first-order chi connectivity index (χ1) is 31.4. The topological polar surface area (TPSA) is 67.4 Å². The first kappa shape index (κ1) is 50.0. The summed E-state index contributed by atoms with van der Waals surface area (Å²) in [6.07, 6.45) is 17.1. The van der Waals surface area contributed by atoms with Crippen molar-refractivity contribution in [2.24, 2.45) is 11.8 Å². The summed E-state index contributed by atoms with van der Waals surface area (Å²) in [4.78, 5) is 0. The van der Waals surface area contributed by atoms with E-state index in [1.54, 1.807) is 0 Å². The molecule has 0 amide bonds. The number of nitrogens with one attached hydrogen (secondary N) is 1. The molecule has 7 nitrogen and oxygen atoms in total. The zero-order valence-electron chi connectivity index (χ0n) is 39.8. The third-order valence-corrected chi connectivity index (χ3v) is 13.3. The highest BCUT2D eigenvalue weighted by Crippen LogP contribution is 2.38. The summed E-state index contributed by atoms with van der Waals surface area (Å²) in [5.74, 6) is -0.564. The van der Waals surface area contributed by atoms with Gasteiger partial charge in [0.15, 0.2) is 5.79 Å². The Labute approximate surface area is 387 Å². The summed E-state index contributed by atoms with van der Waals surface area (Å²) in [5.41, 5.74) is 4.68. The van der Waals surface area contributed by atoms with E-state index in [2.05, 4.69) is 136 Å². The van der Waals surface area contributed by atoms with Crippen LogP contribution in [0.1, 0.15) is 140 Å². The molecule has 1 heterocycles. The molecule has 0 aromatic heterocycles. The molecule has 1 saturated carbocycles. The monoisotopic (exact) mass is 876 g/mol. The predicted molar refractivity (Wildman–Crippen MR) is 260 cm³/mol. The predicted octanol–water partition coefficient (Wildman–Crippen LogP) is 13.2. The molecule has 4 aromatic rings. The number of unbranched alkanes of at least 4 members (excludes halogenated alkanes) is 11. The first-order valence-electron chi connectivity index (χ1n) is 25.1. The van der Waals surface area contributed by atoms with Gasteiger partial charge in [-0.25, -0.2) is 0 Å². The summed E-state index contributed by atoms with van der Waals surface area (Å²) >= 11 is 0. The summed E-state index contributed by atoms with van der Waals surface area (Å²) in [7, 11) is 0. The minimum Gasteiger partial charge on any atom is -0.376 e. The van der Waals surface area contributed by atoms with Crippen molar-refractivity contribution in [1.82, 2.24) is 5.32 Å². The Bertz CT molecular complexity index is 1780. The van der Waals surface area contributed by atoms with E-state index in [0.29, 0.717) is 33.0 Å². The third kappa shape index (κ3) is 17.1. The van der Waals surface area contributed by atoms with Gasteiger partial charge in [-0.15, -0.1) is 0 Å². The molecular weight excluding hydrogens is 795 g/mol. The molecule has 6 rings (SSSR count). The number of hydrogen-bond donors (Lipinski definition) is 1. The van der Waals surface area contributed by atoms with Crippen LogP contribution in [0, 0.1) is 11.8 Å². The van der Waals surface area contributed by atoms with Crippen LogP contribution < -0.4 is 5.32 Å². The Balaban J connectivity index is 1.14. The van der Waals surface area contributed by atoms with Gasteiger partial charge < -0.3 is 33.7 Å². The van der Waals surface area contributed by atoms with E-state index >= 15 is 0 Å². The van der Waals surface area contributed by atoms with Gasteiger partial charge in [0.25, 0.3) is 0 Å². The molecule has 1 saturated heterocycles. The highest BCUT2D eigenvalue weighted by Gasteiger charge is 2.48. The summed E-state index contributed by atoms with van der Waals surface area (Å²) in [6, 6.07) is 41.9. The maximum absolute atomic E-state index is 7.19. The highest BCUT2D eigenvalue weighted by atomic mass is 16.8. The maximum Gasteiger partial charge on any atom is 0.163 e. The van der Waals surface area contributed by atoms with Crippen molar-refractivity contribution in [1.29, 1.82) is 0 Å². The molecule has 3 unspecified atom stereocenters. The summed E-state index contributed by atoms with van der Waals surface area (Å²) < 4.78 is 41.1. The molecule has 350 valence electrons. The van der Waals surface area contributed by atoms with Crippen LogP contribution in [0.25, 0.3) is 0 Å². The van der Waals surface area contributed by atoms with Crippen LogP contribution in [0.3, 0.4) is 0 Å². The van der Waals surface area contributed by atoms with Crippen LogP contribution >= 0.6 is 0 Å². The Morgan fingerprint density at radius 1 is 0.578 bits per heavy atom. The van der Waals surface area contributed by atoms with Crippen molar-refractivity contribution in [3.05, 3.63) is 144 Å². The Morgan fingerprint density at radius 2 is 1.06 bits per heavy atom. The molecule has 4 aromatic carbocycles. The lowest BCUT2D eigenvalue weighted by Gasteiger charge is -2.46. The second-order valence-electron chi connectivity index (χ2n) is 19.0. The van der Waals surface area contributed by atoms with Crippen LogP contribution in [-0.2, 0) is 54.8 Å². The Morgan fingerprint density at radius 3 is 1.61 bits per heavy atom. The molecule has 1 aliphatic heterocycles. The van der Waals surface area contributed by atoms with Gasteiger partial charge in [0, 0.05) is 18.4 Å². The van der Waals surface area contributed by atoms with Gasteiger partial charge in [0.2, 0.25) is 0 Å². The van der Waals surface area contributed by atoms with Gasteiger partial charge in [0.05, 0.1) is 63.5 Å². The lowest BCUT2D eigenvalue weighted by molar-refractivity contribution is -0.196. The molecule has 2 aliphatic rings. The zero-order valence-corrected chi connectivity index (χ0v) is 39.8. The fourth-order valence-electron chi connectivity index (χ4n) is 9.68. The maximum atomic E-state index is 7.19. The van der Waals surface area contributed by atoms with Crippen molar-refractivity contribution < 1.29 is 28.4 Å². The third-order valence-electron chi connectivity index (χ3n) is 13.3. The van der Waals surface area contributed by atoms with E-state index in [9.17, 15) is 0 Å². The van der Waals surface area contributed by atoms with Gasteiger partial charge in [-0.3, -0.25) is 0 Å². The van der Waals surface area contributed by atoms with E-state index in [4.69, 9.17) is 28.4 Å². The van der Waals surface area contributed by atoms with E-state index in [-0.39, 0.29) is 48.4 Å². The fourth-order valence-corrected chi connectivity index (χ4v) is 9.68. The highest BCUT2D eigenvalue weighted by molar-refractivity contribution is 5.16. The van der Waals surface area contributed by atoms with Gasteiger partial charge in [-0.2, -0.15) is 0 Å². The van der Waals surface area contributed by atoms with Crippen LogP contribution in [0.15, 0.2) is 121 Å². The molecule has 0 bridgehead atoms. The fraction of sp³-hybridized carbons (Fsp3) is 0.579. The van der Waals surface area contributed by atoms with Crippen molar-refractivity contribution >= 4 is 0 Å². The SMILES string of the molecule is CCCCCCCCCCCCCC[C@H]1OC(C)(C)O[C@H]1[C@H](CO[C@H]1CC(COCc2ccccc2)C(OCc2ccccc2)[C@@H](OCc2ccccc2)C1C)NCc1ccccc1. The minimum atomic E-state index is -0.669. The molecule has 0 spiro atoms.